The van der Waals surface area contributed by atoms with Crippen molar-refractivity contribution in [3.63, 3.8) is 0 Å². The fourth-order valence-corrected chi connectivity index (χ4v) is 3.85. The fourth-order valence-electron chi connectivity index (χ4n) is 3.85. The number of aromatic nitrogens is 3. The van der Waals surface area contributed by atoms with Gasteiger partial charge in [-0.15, -0.1) is 5.10 Å². The lowest BCUT2D eigenvalue weighted by Gasteiger charge is -2.35. The van der Waals surface area contributed by atoms with Gasteiger partial charge in [0.2, 0.25) is 5.95 Å². The molecule has 1 aliphatic carbocycles. The number of nitrogens with one attached hydrogen (secondary N) is 2. The number of aromatic amines is 1. The number of H-pyrrole nitrogens is 1. The van der Waals surface area contributed by atoms with Crippen molar-refractivity contribution in [2.24, 2.45) is 5.92 Å². The summed E-state index contributed by atoms with van der Waals surface area (Å²) in [5, 5.41) is 11.1. The van der Waals surface area contributed by atoms with Crippen LogP contribution in [0.5, 0.6) is 0 Å². The molecule has 0 amide bonds. The largest absolute Gasteiger partial charge is 0.336 e. The van der Waals surface area contributed by atoms with E-state index in [1.165, 1.54) is 38.5 Å². The highest BCUT2D eigenvalue weighted by atomic mass is 15.4. The molecule has 1 aromatic rings. The van der Waals surface area contributed by atoms with Gasteiger partial charge >= 0.3 is 0 Å². The zero-order valence-corrected chi connectivity index (χ0v) is 13.4. The molecule has 1 saturated heterocycles. The first kappa shape index (κ1) is 14.8. The summed E-state index contributed by atoms with van der Waals surface area (Å²) in [6.07, 6.45) is 9.41. The van der Waals surface area contributed by atoms with E-state index in [0.717, 1.165) is 37.2 Å². The van der Waals surface area contributed by atoms with Crippen LogP contribution in [-0.2, 0) is 6.42 Å². The van der Waals surface area contributed by atoms with Crippen LogP contribution in [-0.4, -0.2) is 40.4 Å². The molecule has 1 aromatic heterocycles. The van der Waals surface area contributed by atoms with Crippen LogP contribution in [0.1, 0.15) is 58.2 Å². The molecule has 2 unspecified atom stereocenters. The topological polar surface area (TPSA) is 56.8 Å². The first-order valence-corrected chi connectivity index (χ1v) is 8.63. The zero-order valence-electron chi connectivity index (χ0n) is 13.4. The van der Waals surface area contributed by atoms with Crippen LogP contribution in [0, 0.1) is 5.92 Å². The molecule has 2 heterocycles. The molecular weight excluding hydrogens is 262 g/mol. The molecule has 0 aromatic carbocycles. The van der Waals surface area contributed by atoms with Gasteiger partial charge in [0.15, 0.2) is 0 Å². The first-order valence-electron chi connectivity index (χ1n) is 8.63. The molecule has 5 heteroatoms. The molecule has 2 atom stereocenters. The predicted molar refractivity (Wildman–Crippen MR) is 85.6 cm³/mol. The highest BCUT2D eigenvalue weighted by Crippen LogP contribution is 2.27. The summed E-state index contributed by atoms with van der Waals surface area (Å²) in [5.41, 5.74) is 0. The minimum Gasteiger partial charge on any atom is -0.336 e. The molecule has 0 spiro atoms. The van der Waals surface area contributed by atoms with E-state index >= 15 is 0 Å². The fraction of sp³-hybridized carbons (Fsp3) is 0.875. The molecule has 0 bridgehead atoms. The molecule has 2 aliphatic rings. The van der Waals surface area contributed by atoms with E-state index in [-0.39, 0.29) is 0 Å². The molecule has 5 nitrogen and oxygen atoms in total. The third-order valence-corrected chi connectivity index (χ3v) is 4.87. The SMILES string of the molecule is CC1CN(c2n[nH]c(CCC3CCCCC3)n2)CC(C)N1. The van der Waals surface area contributed by atoms with Crippen molar-refractivity contribution in [3.8, 4) is 0 Å². The van der Waals surface area contributed by atoms with E-state index in [9.17, 15) is 0 Å². The van der Waals surface area contributed by atoms with Crippen molar-refractivity contribution >= 4 is 5.95 Å². The minimum absolute atomic E-state index is 0.498. The van der Waals surface area contributed by atoms with Crippen molar-refractivity contribution in [1.29, 1.82) is 0 Å². The van der Waals surface area contributed by atoms with Crippen molar-refractivity contribution in [2.75, 3.05) is 18.0 Å². The molecule has 2 fully saturated rings. The second-order valence-corrected chi connectivity index (χ2v) is 7.00. The monoisotopic (exact) mass is 291 g/mol. The molecule has 1 aliphatic heterocycles. The number of hydrogen-bond acceptors (Lipinski definition) is 4. The van der Waals surface area contributed by atoms with E-state index in [1.54, 1.807) is 0 Å². The van der Waals surface area contributed by atoms with Crippen molar-refractivity contribution < 1.29 is 0 Å². The summed E-state index contributed by atoms with van der Waals surface area (Å²) >= 11 is 0. The Labute approximate surface area is 127 Å². The summed E-state index contributed by atoms with van der Waals surface area (Å²) in [5.74, 6) is 2.86. The predicted octanol–water partition coefficient (Wildman–Crippen LogP) is 2.50. The van der Waals surface area contributed by atoms with Crippen LogP contribution >= 0.6 is 0 Å². The first-order chi connectivity index (χ1) is 10.2. The molecule has 1 saturated carbocycles. The Bertz CT molecular complexity index is 428. The van der Waals surface area contributed by atoms with E-state index in [4.69, 9.17) is 4.98 Å². The lowest BCUT2D eigenvalue weighted by atomic mass is 9.86. The van der Waals surface area contributed by atoms with Gasteiger partial charge < -0.3 is 10.2 Å². The third-order valence-electron chi connectivity index (χ3n) is 4.87. The average molecular weight is 291 g/mol. The maximum atomic E-state index is 4.72. The number of piperazine rings is 1. The Morgan fingerprint density at radius 1 is 1.10 bits per heavy atom. The van der Waals surface area contributed by atoms with Gasteiger partial charge in [-0.05, 0) is 26.2 Å². The quantitative estimate of drug-likeness (QED) is 0.895. The summed E-state index contributed by atoms with van der Waals surface area (Å²) in [7, 11) is 0. The second kappa shape index (κ2) is 6.77. The molecule has 0 radical (unpaired) electrons. The number of anilines is 1. The van der Waals surface area contributed by atoms with E-state index in [2.05, 4.69) is 34.3 Å². The van der Waals surface area contributed by atoms with Gasteiger partial charge in [0.25, 0.3) is 0 Å². The Morgan fingerprint density at radius 2 is 1.81 bits per heavy atom. The Morgan fingerprint density at radius 3 is 2.52 bits per heavy atom. The Kier molecular flexibility index (Phi) is 4.78. The van der Waals surface area contributed by atoms with Crippen molar-refractivity contribution in [2.45, 2.75) is 70.9 Å². The van der Waals surface area contributed by atoms with Crippen LogP contribution in [0.3, 0.4) is 0 Å². The standard InChI is InChI=1S/C16H29N5/c1-12-10-21(11-13(2)17-12)16-18-15(19-20-16)9-8-14-6-4-3-5-7-14/h12-14,17H,3-11H2,1-2H3,(H,18,19,20). The van der Waals surface area contributed by atoms with Gasteiger partial charge in [0, 0.05) is 31.6 Å². The number of hydrogen-bond donors (Lipinski definition) is 2. The molecule has 3 rings (SSSR count). The highest BCUT2D eigenvalue weighted by molar-refractivity contribution is 5.30. The van der Waals surface area contributed by atoms with Gasteiger partial charge in [-0.25, -0.2) is 0 Å². The number of aryl methyl sites for hydroxylation is 1. The van der Waals surface area contributed by atoms with Gasteiger partial charge in [-0.2, -0.15) is 4.98 Å². The Hall–Kier alpha value is -1.10. The maximum Gasteiger partial charge on any atom is 0.244 e. The van der Waals surface area contributed by atoms with Gasteiger partial charge in [0.1, 0.15) is 5.82 Å². The zero-order chi connectivity index (χ0) is 14.7. The van der Waals surface area contributed by atoms with E-state index in [1.807, 2.05) is 0 Å². The summed E-state index contributed by atoms with van der Waals surface area (Å²) in [6.45, 7) is 6.42. The van der Waals surface area contributed by atoms with Crippen LogP contribution in [0.25, 0.3) is 0 Å². The van der Waals surface area contributed by atoms with Crippen molar-refractivity contribution in [3.05, 3.63) is 5.82 Å². The third kappa shape index (κ3) is 3.96. The van der Waals surface area contributed by atoms with E-state index < -0.39 is 0 Å². The second-order valence-electron chi connectivity index (χ2n) is 7.00. The minimum atomic E-state index is 0.498. The van der Waals surface area contributed by atoms with Crippen LogP contribution < -0.4 is 10.2 Å². The van der Waals surface area contributed by atoms with Crippen LogP contribution in [0.4, 0.5) is 5.95 Å². The van der Waals surface area contributed by atoms with Gasteiger partial charge in [-0.1, -0.05) is 32.1 Å². The van der Waals surface area contributed by atoms with Crippen LogP contribution in [0.15, 0.2) is 0 Å². The molecular formula is C16H29N5. The van der Waals surface area contributed by atoms with Crippen LogP contribution in [0.2, 0.25) is 0 Å². The maximum absolute atomic E-state index is 4.72. The highest BCUT2D eigenvalue weighted by Gasteiger charge is 2.23. The van der Waals surface area contributed by atoms with Crippen molar-refractivity contribution in [1.82, 2.24) is 20.5 Å². The Balaban J connectivity index is 1.53. The number of nitrogens with zero attached hydrogens (tertiary/aromatic N) is 3. The van der Waals surface area contributed by atoms with Gasteiger partial charge in [0.05, 0.1) is 0 Å². The lowest BCUT2D eigenvalue weighted by molar-refractivity contribution is 0.337. The summed E-state index contributed by atoms with van der Waals surface area (Å²) < 4.78 is 0. The smallest absolute Gasteiger partial charge is 0.244 e. The van der Waals surface area contributed by atoms with Gasteiger partial charge in [-0.3, -0.25) is 5.10 Å². The average Bonchev–Trinajstić information content (AvgIpc) is 2.94. The summed E-state index contributed by atoms with van der Waals surface area (Å²) in [4.78, 5) is 7.02. The molecule has 21 heavy (non-hydrogen) atoms. The molecule has 118 valence electrons. The lowest BCUT2D eigenvalue weighted by Crippen LogP contribution is -2.54. The summed E-state index contributed by atoms with van der Waals surface area (Å²) in [6, 6.07) is 0.996. The van der Waals surface area contributed by atoms with E-state index in [0.29, 0.717) is 12.1 Å². The number of rotatable bonds is 4. The normalized spacial score (nSPS) is 28.0. The molecule has 2 N–H and O–H groups in total.